The number of amides is 1. The number of aryl methyl sites for hydroxylation is 1. The fourth-order valence-electron chi connectivity index (χ4n) is 3.93. The van der Waals surface area contributed by atoms with Crippen LogP contribution < -0.4 is 5.32 Å². The van der Waals surface area contributed by atoms with Crippen molar-refractivity contribution in [2.45, 2.75) is 58.8 Å². The Morgan fingerprint density at radius 2 is 1.69 bits per heavy atom. The lowest BCUT2D eigenvalue weighted by Gasteiger charge is -2.36. The quantitative estimate of drug-likeness (QED) is 0.216. The van der Waals surface area contributed by atoms with Gasteiger partial charge in [0.25, 0.3) is 10.1 Å². The number of carbonyl (C=O) groups excluding carboxylic acids is 3. The number of rotatable bonds is 14. The Kier molecular flexibility index (Phi) is 11.3. The molecular formula is C24H37NO9S. The molecule has 0 aliphatic heterocycles. The van der Waals surface area contributed by atoms with Gasteiger partial charge < -0.3 is 19.9 Å². The van der Waals surface area contributed by atoms with E-state index in [4.69, 9.17) is 18.8 Å². The minimum atomic E-state index is -4.06. The summed E-state index contributed by atoms with van der Waals surface area (Å²) < 4.78 is 39.6. The van der Waals surface area contributed by atoms with Crippen molar-refractivity contribution in [3.8, 4) is 0 Å². The zero-order chi connectivity index (χ0) is 26.9. The van der Waals surface area contributed by atoms with Gasteiger partial charge in [0.15, 0.2) is 0 Å². The number of aliphatic hydroxyl groups excluding tert-OH is 1. The van der Waals surface area contributed by atoms with Crippen LogP contribution in [-0.2, 0) is 38.2 Å². The van der Waals surface area contributed by atoms with Crippen LogP contribution >= 0.6 is 0 Å². The molecule has 0 aromatic heterocycles. The third-order valence-corrected chi connectivity index (χ3v) is 7.00. The number of ether oxygens (including phenoxy) is 2. The van der Waals surface area contributed by atoms with Crippen LogP contribution in [0.2, 0.25) is 0 Å². The van der Waals surface area contributed by atoms with Gasteiger partial charge in [0.1, 0.15) is 13.3 Å². The summed E-state index contributed by atoms with van der Waals surface area (Å²) in [4.78, 5) is 37.9. The Bertz CT molecular complexity index is 973. The van der Waals surface area contributed by atoms with E-state index in [-0.39, 0.29) is 31.0 Å². The largest absolute Gasteiger partial charge is 0.469 e. The molecule has 0 saturated heterocycles. The van der Waals surface area contributed by atoms with Gasteiger partial charge in [-0.25, -0.2) is 4.18 Å². The number of methoxy groups -OCH3 is 1. The summed E-state index contributed by atoms with van der Waals surface area (Å²) in [5.74, 6) is -2.40. The second-order valence-electron chi connectivity index (χ2n) is 9.35. The SMILES string of the molecule is CCC(CC(C)(CC(C)(C)C(=O)OC)C(=O)OCCO)C(=O)NCOS(=O)(=O)c1ccc(C)cc1. The molecule has 0 bridgehead atoms. The molecule has 0 spiro atoms. The van der Waals surface area contributed by atoms with Crippen LogP contribution in [0.4, 0.5) is 0 Å². The molecule has 2 unspecified atom stereocenters. The standard InChI is InChI=1S/C24H37NO9S/c1-7-18(20(27)25-16-34-35(30,31)19-10-8-17(2)9-11-19)14-24(5,22(29)33-13-12-26)15-23(3,4)21(28)32-6/h8-11,18,26H,7,12-16H2,1-6H3,(H,25,27). The number of benzene rings is 1. The van der Waals surface area contributed by atoms with E-state index in [2.05, 4.69) is 5.32 Å². The fourth-order valence-corrected chi connectivity index (χ4v) is 4.75. The van der Waals surface area contributed by atoms with Crippen LogP contribution in [0.1, 0.15) is 52.5 Å². The van der Waals surface area contributed by atoms with Crippen LogP contribution in [0.5, 0.6) is 0 Å². The van der Waals surface area contributed by atoms with Gasteiger partial charge in [-0.05, 0) is 59.1 Å². The first-order valence-electron chi connectivity index (χ1n) is 11.3. The maximum atomic E-state index is 12.9. The molecule has 0 saturated carbocycles. The highest BCUT2D eigenvalue weighted by molar-refractivity contribution is 7.86. The topological polar surface area (TPSA) is 145 Å². The third kappa shape index (κ3) is 8.90. The average molecular weight is 516 g/mol. The monoisotopic (exact) mass is 515 g/mol. The van der Waals surface area contributed by atoms with Crippen LogP contribution in [0.3, 0.4) is 0 Å². The molecule has 35 heavy (non-hydrogen) atoms. The number of hydrogen-bond donors (Lipinski definition) is 2. The highest BCUT2D eigenvalue weighted by atomic mass is 32.2. The highest BCUT2D eigenvalue weighted by Gasteiger charge is 2.45. The second-order valence-corrected chi connectivity index (χ2v) is 11.0. The molecule has 1 aromatic rings. The van der Waals surface area contributed by atoms with Crippen molar-refractivity contribution in [1.29, 1.82) is 0 Å². The molecule has 11 heteroatoms. The maximum absolute atomic E-state index is 12.9. The molecule has 1 aromatic carbocycles. The van der Waals surface area contributed by atoms with Crippen LogP contribution in [0.15, 0.2) is 29.2 Å². The number of nitrogens with one attached hydrogen (secondary N) is 1. The maximum Gasteiger partial charge on any atom is 0.311 e. The van der Waals surface area contributed by atoms with E-state index < -0.39 is 51.4 Å². The van der Waals surface area contributed by atoms with E-state index in [1.54, 1.807) is 39.8 Å². The zero-order valence-corrected chi connectivity index (χ0v) is 22.1. The lowest BCUT2D eigenvalue weighted by atomic mass is 9.69. The molecule has 0 radical (unpaired) electrons. The van der Waals surface area contributed by atoms with Gasteiger partial charge in [-0.3, -0.25) is 14.4 Å². The number of esters is 2. The Morgan fingerprint density at radius 1 is 1.09 bits per heavy atom. The first-order chi connectivity index (χ1) is 16.2. The predicted octanol–water partition coefficient (Wildman–Crippen LogP) is 2.32. The minimum Gasteiger partial charge on any atom is -0.469 e. The van der Waals surface area contributed by atoms with Crippen molar-refractivity contribution in [3.63, 3.8) is 0 Å². The van der Waals surface area contributed by atoms with Crippen LogP contribution in [0, 0.1) is 23.7 Å². The van der Waals surface area contributed by atoms with Gasteiger partial charge >= 0.3 is 11.9 Å². The Balaban J connectivity index is 2.95. The van der Waals surface area contributed by atoms with E-state index in [0.29, 0.717) is 6.42 Å². The predicted molar refractivity (Wildman–Crippen MR) is 127 cm³/mol. The first-order valence-corrected chi connectivity index (χ1v) is 12.7. The molecule has 0 aliphatic rings. The average Bonchev–Trinajstić information content (AvgIpc) is 2.80. The summed E-state index contributed by atoms with van der Waals surface area (Å²) in [6, 6.07) is 6.09. The molecule has 0 fully saturated rings. The minimum absolute atomic E-state index is 0.0186. The summed E-state index contributed by atoms with van der Waals surface area (Å²) in [6.45, 7) is 7.24. The van der Waals surface area contributed by atoms with Crippen molar-refractivity contribution in [3.05, 3.63) is 29.8 Å². The molecular weight excluding hydrogens is 478 g/mol. The first kappa shape index (κ1) is 30.5. The van der Waals surface area contributed by atoms with Gasteiger partial charge in [-0.1, -0.05) is 24.6 Å². The summed E-state index contributed by atoms with van der Waals surface area (Å²) >= 11 is 0. The molecule has 10 nitrogen and oxygen atoms in total. The summed E-state index contributed by atoms with van der Waals surface area (Å²) in [6.07, 6.45) is 0.377. The van der Waals surface area contributed by atoms with Crippen molar-refractivity contribution in [2.24, 2.45) is 16.7 Å². The summed E-state index contributed by atoms with van der Waals surface area (Å²) in [5.41, 5.74) is -1.43. The van der Waals surface area contributed by atoms with Crippen molar-refractivity contribution in [2.75, 3.05) is 27.1 Å². The lowest BCUT2D eigenvalue weighted by Crippen LogP contribution is -2.43. The molecule has 1 amide bonds. The van der Waals surface area contributed by atoms with Crippen molar-refractivity contribution < 1.29 is 41.6 Å². The van der Waals surface area contributed by atoms with E-state index in [9.17, 15) is 22.8 Å². The summed E-state index contributed by atoms with van der Waals surface area (Å²) in [5, 5.41) is 11.5. The molecule has 0 heterocycles. The van der Waals surface area contributed by atoms with Crippen LogP contribution in [0.25, 0.3) is 0 Å². The number of carbonyl (C=O) groups is 3. The van der Waals surface area contributed by atoms with E-state index in [0.717, 1.165) is 5.56 Å². The normalized spacial score (nSPS) is 14.5. The Labute approximate surface area is 207 Å². The molecule has 2 N–H and O–H groups in total. The highest BCUT2D eigenvalue weighted by Crippen LogP contribution is 2.41. The Hall–Kier alpha value is -2.50. The van der Waals surface area contributed by atoms with E-state index >= 15 is 0 Å². The fraction of sp³-hybridized carbons (Fsp3) is 0.625. The van der Waals surface area contributed by atoms with Crippen LogP contribution in [-0.4, -0.2) is 58.4 Å². The zero-order valence-electron chi connectivity index (χ0n) is 21.3. The Morgan fingerprint density at radius 3 is 2.20 bits per heavy atom. The molecule has 0 aliphatic carbocycles. The molecule has 198 valence electrons. The van der Waals surface area contributed by atoms with Gasteiger partial charge in [0.05, 0.1) is 29.4 Å². The molecule has 1 rings (SSSR count). The second kappa shape index (κ2) is 13.0. The van der Waals surface area contributed by atoms with E-state index in [1.165, 1.54) is 19.2 Å². The van der Waals surface area contributed by atoms with Crippen molar-refractivity contribution in [1.82, 2.24) is 5.32 Å². The number of aliphatic hydroxyl groups is 1. The van der Waals surface area contributed by atoms with E-state index in [1.807, 2.05) is 6.92 Å². The molecule has 2 atom stereocenters. The van der Waals surface area contributed by atoms with Gasteiger partial charge in [0, 0.05) is 5.92 Å². The number of hydrogen-bond acceptors (Lipinski definition) is 9. The third-order valence-electron chi connectivity index (χ3n) is 5.72. The van der Waals surface area contributed by atoms with Gasteiger partial charge in [0.2, 0.25) is 5.91 Å². The lowest BCUT2D eigenvalue weighted by molar-refractivity contribution is -0.163. The van der Waals surface area contributed by atoms with Crippen molar-refractivity contribution >= 4 is 28.0 Å². The van der Waals surface area contributed by atoms with Gasteiger partial charge in [-0.2, -0.15) is 8.42 Å². The summed E-state index contributed by atoms with van der Waals surface area (Å²) in [7, 11) is -2.82. The smallest absolute Gasteiger partial charge is 0.311 e. The van der Waals surface area contributed by atoms with Gasteiger partial charge in [-0.15, -0.1) is 0 Å².